The first-order valence-electron chi connectivity index (χ1n) is 5.51. The first-order chi connectivity index (χ1) is 8.58. The third-order valence-electron chi connectivity index (χ3n) is 2.66. The number of aryl methyl sites for hydroxylation is 1. The minimum Gasteiger partial charge on any atom is -0.380 e. The van der Waals surface area contributed by atoms with Crippen molar-refractivity contribution < 1.29 is 4.39 Å². The lowest BCUT2D eigenvalue weighted by Gasteiger charge is -2.10. The van der Waals surface area contributed by atoms with E-state index >= 15 is 0 Å². The van der Waals surface area contributed by atoms with Crippen molar-refractivity contribution >= 4 is 33.2 Å². The molecule has 1 N–H and O–H groups in total. The molecule has 2 rings (SSSR count). The zero-order valence-electron chi connectivity index (χ0n) is 9.81. The van der Waals surface area contributed by atoms with E-state index in [2.05, 4.69) is 21.2 Å². The minimum atomic E-state index is -0.392. The van der Waals surface area contributed by atoms with Crippen LogP contribution in [0, 0.1) is 12.7 Å². The number of anilines is 1. The molecule has 0 bridgehead atoms. The number of halogens is 3. The predicted molar refractivity (Wildman–Crippen MR) is 77.6 cm³/mol. The maximum atomic E-state index is 13.0. The van der Waals surface area contributed by atoms with Crippen molar-refractivity contribution in [1.29, 1.82) is 0 Å². The van der Waals surface area contributed by atoms with Crippen molar-refractivity contribution in [2.45, 2.75) is 13.5 Å². The lowest BCUT2D eigenvalue weighted by Crippen LogP contribution is -2.00. The Morgan fingerprint density at radius 2 is 2.06 bits per heavy atom. The van der Waals surface area contributed by atoms with Crippen LogP contribution >= 0.6 is 27.5 Å². The summed E-state index contributed by atoms with van der Waals surface area (Å²) in [7, 11) is 0. The Morgan fingerprint density at radius 3 is 2.78 bits per heavy atom. The molecule has 0 aliphatic carbocycles. The second-order valence-electron chi connectivity index (χ2n) is 4.04. The smallest absolute Gasteiger partial charge is 0.141 e. The first kappa shape index (κ1) is 13.4. The average Bonchev–Trinajstić information content (AvgIpc) is 2.35. The van der Waals surface area contributed by atoms with Gasteiger partial charge in [-0.05, 0) is 52.2 Å². The molecule has 0 aliphatic heterocycles. The summed E-state index contributed by atoms with van der Waals surface area (Å²) in [6, 6.07) is 10.7. The van der Waals surface area contributed by atoms with Crippen LogP contribution in [0.4, 0.5) is 10.1 Å². The van der Waals surface area contributed by atoms with Crippen LogP contribution in [0.2, 0.25) is 5.02 Å². The van der Waals surface area contributed by atoms with Crippen LogP contribution in [0.15, 0.2) is 40.9 Å². The van der Waals surface area contributed by atoms with Gasteiger partial charge < -0.3 is 5.32 Å². The average molecular weight is 329 g/mol. The van der Waals surface area contributed by atoms with E-state index in [-0.39, 0.29) is 5.02 Å². The van der Waals surface area contributed by atoms with Crippen molar-refractivity contribution in [2.75, 3.05) is 5.32 Å². The molecule has 2 aromatic carbocycles. The maximum absolute atomic E-state index is 13.0. The summed E-state index contributed by atoms with van der Waals surface area (Å²) in [6.45, 7) is 2.63. The van der Waals surface area contributed by atoms with Crippen LogP contribution in [-0.2, 0) is 6.54 Å². The highest BCUT2D eigenvalue weighted by Gasteiger charge is 2.03. The second-order valence-corrected chi connectivity index (χ2v) is 5.24. The fourth-order valence-corrected chi connectivity index (χ4v) is 2.24. The molecule has 0 spiro atoms. The molecule has 2 aromatic rings. The summed E-state index contributed by atoms with van der Waals surface area (Å²) in [5, 5.41) is 3.44. The monoisotopic (exact) mass is 327 g/mol. The summed E-state index contributed by atoms with van der Waals surface area (Å²) in [5.41, 5.74) is 3.11. The van der Waals surface area contributed by atoms with Gasteiger partial charge in [-0.2, -0.15) is 0 Å². The molecule has 0 aliphatic rings. The normalized spacial score (nSPS) is 10.4. The van der Waals surface area contributed by atoms with Gasteiger partial charge in [-0.3, -0.25) is 0 Å². The van der Waals surface area contributed by atoms with E-state index in [9.17, 15) is 4.39 Å². The van der Waals surface area contributed by atoms with Crippen LogP contribution in [0.3, 0.4) is 0 Å². The summed E-state index contributed by atoms with van der Waals surface area (Å²) in [5.74, 6) is -0.392. The van der Waals surface area contributed by atoms with Crippen molar-refractivity contribution in [2.24, 2.45) is 0 Å². The molecule has 0 radical (unpaired) electrons. The molecule has 18 heavy (non-hydrogen) atoms. The summed E-state index contributed by atoms with van der Waals surface area (Å²) in [4.78, 5) is 0. The van der Waals surface area contributed by atoms with Crippen LogP contribution < -0.4 is 5.32 Å². The van der Waals surface area contributed by atoms with E-state index in [1.54, 1.807) is 12.1 Å². The van der Waals surface area contributed by atoms with Crippen molar-refractivity contribution in [1.82, 2.24) is 0 Å². The van der Waals surface area contributed by atoms with Gasteiger partial charge in [-0.1, -0.05) is 29.8 Å². The minimum absolute atomic E-state index is 0.151. The molecule has 1 nitrogen and oxygen atoms in total. The molecule has 4 heteroatoms. The van der Waals surface area contributed by atoms with Crippen LogP contribution in [-0.4, -0.2) is 0 Å². The van der Waals surface area contributed by atoms with E-state index in [1.165, 1.54) is 6.07 Å². The van der Waals surface area contributed by atoms with E-state index in [4.69, 9.17) is 11.6 Å². The highest BCUT2D eigenvalue weighted by Crippen LogP contribution is 2.26. The maximum Gasteiger partial charge on any atom is 0.141 e. The Balaban J connectivity index is 2.11. The van der Waals surface area contributed by atoms with Gasteiger partial charge in [0.05, 0.1) is 5.02 Å². The van der Waals surface area contributed by atoms with Crippen molar-refractivity contribution in [3.8, 4) is 0 Å². The lowest BCUT2D eigenvalue weighted by atomic mass is 10.2. The SMILES string of the molecule is Cc1cccc(NCc2ccc(F)c(Cl)c2)c1Br. The van der Waals surface area contributed by atoms with Crippen LogP contribution in [0.5, 0.6) is 0 Å². The van der Waals surface area contributed by atoms with Gasteiger partial charge in [0, 0.05) is 16.7 Å². The van der Waals surface area contributed by atoms with Crippen LogP contribution in [0.1, 0.15) is 11.1 Å². The van der Waals surface area contributed by atoms with Gasteiger partial charge in [0.15, 0.2) is 0 Å². The molecule has 94 valence electrons. The van der Waals surface area contributed by atoms with Crippen LogP contribution in [0.25, 0.3) is 0 Å². The topological polar surface area (TPSA) is 12.0 Å². The molecule has 0 saturated carbocycles. The summed E-state index contributed by atoms with van der Waals surface area (Å²) in [6.07, 6.45) is 0. The molecular weight excluding hydrogens is 317 g/mol. The van der Waals surface area contributed by atoms with E-state index < -0.39 is 5.82 Å². The molecule has 0 unspecified atom stereocenters. The fraction of sp³-hybridized carbons (Fsp3) is 0.143. The summed E-state index contributed by atoms with van der Waals surface area (Å²) >= 11 is 9.27. The van der Waals surface area contributed by atoms with Crippen molar-refractivity contribution in [3.05, 3.63) is 62.8 Å². The molecule has 0 fully saturated rings. The Kier molecular flexibility index (Phi) is 4.25. The van der Waals surface area contributed by atoms with Gasteiger partial charge in [-0.15, -0.1) is 0 Å². The number of rotatable bonds is 3. The van der Waals surface area contributed by atoms with E-state index in [1.807, 2.05) is 25.1 Å². The van der Waals surface area contributed by atoms with E-state index in [0.717, 1.165) is 21.3 Å². The lowest BCUT2D eigenvalue weighted by molar-refractivity contribution is 0.627. The van der Waals surface area contributed by atoms with Gasteiger partial charge >= 0.3 is 0 Å². The molecule has 0 atom stereocenters. The largest absolute Gasteiger partial charge is 0.380 e. The molecular formula is C14H12BrClFN. The quantitative estimate of drug-likeness (QED) is 0.820. The molecule has 0 saturated heterocycles. The third kappa shape index (κ3) is 3.03. The van der Waals surface area contributed by atoms with Gasteiger partial charge in [0.25, 0.3) is 0 Å². The zero-order valence-corrected chi connectivity index (χ0v) is 12.1. The number of hydrogen-bond acceptors (Lipinski definition) is 1. The van der Waals surface area contributed by atoms with E-state index in [0.29, 0.717) is 6.54 Å². The first-order valence-corrected chi connectivity index (χ1v) is 6.68. The Labute approximate surface area is 119 Å². The van der Waals surface area contributed by atoms with Gasteiger partial charge in [-0.25, -0.2) is 4.39 Å². The highest BCUT2D eigenvalue weighted by atomic mass is 79.9. The Bertz CT molecular complexity index is 572. The van der Waals surface area contributed by atoms with Crippen molar-refractivity contribution in [3.63, 3.8) is 0 Å². The Morgan fingerprint density at radius 1 is 1.28 bits per heavy atom. The second kappa shape index (κ2) is 5.72. The predicted octanol–water partition coefficient (Wildman–Crippen LogP) is 5.16. The Hall–Kier alpha value is -1.06. The third-order valence-corrected chi connectivity index (χ3v) is 4.00. The fourth-order valence-electron chi connectivity index (χ4n) is 1.63. The number of nitrogens with one attached hydrogen (secondary N) is 1. The zero-order chi connectivity index (χ0) is 13.1. The molecule has 0 aromatic heterocycles. The number of hydrogen-bond donors (Lipinski definition) is 1. The van der Waals surface area contributed by atoms with Gasteiger partial charge in [0.1, 0.15) is 5.82 Å². The summed E-state index contributed by atoms with van der Waals surface area (Å²) < 4.78 is 14.1. The number of benzene rings is 2. The standard InChI is InChI=1S/C14H12BrClFN/c1-9-3-2-4-13(14(9)15)18-8-10-5-6-12(17)11(16)7-10/h2-7,18H,8H2,1H3. The molecule has 0 amide bonds. The van der Waals surface area contributed by atoms with Gasteiger partial charge in [0.2, 0.25) is 0 Å². The highest BCUT2D eigenvalue weighted by molar-refractivity contribution is 9.10. The molecule has 0 heterocycles.